The largest absolute Gasteiger partial charge is 0.463 e. The van der Waals surface area contributed by atoms with Gasteiger partial charge in [-0.15, -0.1) is 0 Å². The first-order valence-corrected chi connectivity index (χ1v) is 8.28. The Labute approximate surface area is 160 Å². The van der Waals surface area contributed by atoms with Crippen molar-refractivity contribution in [3.05, 3.63) is 0 Å². The van der Waals surface area contributed by atoms with Crippen molar-refractivity contribution >= 4 is 41.2 Å². The van der Waals surface area contributed by atoms with Crippen molar-refractivity contribution in [1.82, 2.24) is 5.32 Å². The van der Waals surface area contributed by atoms with Crippen LogP contribution in [0.2, 0.25) is 0 Å². The molecule has 1 rings (SSSR count). The Morgan fingerprint density at radius 2 is 1.37 bits per heavy atom. The van der Waals surface area contributed by atoms with Crippen LogP contribution in [0.5, 0.6) is 0 Å². The molecule has 1 heterocycles. The van der Waals surface area contributed by atoms with E-state index in [1.165, 1.54) is 6.92 Å². The van der Waals surface area contributed by atoms with Crippen LogP contribution in [0.3, 0.4) is 0 Å². The van der Waals surface area contributed by atoms with Gasteiger partial charge < -0.3 is 34.7 Å². The molecule has 152 valence electrons. The maximum Gasteiger partial charge on any atom is 0.303 e. The summed E-state index contributed by atoms with van der Waals surface area (Å²) in [5.74, 6) is -2.76. The highest BCUT2D eigenvalue weighted by molar-refractivity contribution is 7.80. The Hall–Kier alpha value is -2.47. The highest BCUT2D eigenvalue weighted by Gasteiger charge is 2.52. The maximum absolute atomic E-state index is 11.6. The minimum Gasteiger partial charge on any atom is -0.463 e. The molecule has 0 aromatic carbocycles. The first-order chi connectivity index (χ1) is 12.5. The van der Waals surface area contributed by atoms with E-state index < -0.39 is 54.5 Å². The molecule has 0 aromatic rings. The second kappa shape index (κ2) is 10.0. The molecule has 1 unspecified atom stereocenters. The van der Waals surface area contributed by atoms with E-state index in [2.05, 4.69) is 5.32 Å². The third-order valence-corrected chi connectivity index (χ3v) is 3.39. The summed E-state index contributed by atoms with van der Waals surface area (Å²) in [7, 11) is 0. The van der Waals surface area contributed by atoms with Gasteiger partial charge in [0.1, 0.15) is 12.7 Å². The normalized spacial score (nSPS) is 27.0. The van der Waals surface area contributed by atoms with Gasteiger partial charge in [-0.2, -0.15) is 0 Å². The second-order valence-corrected chi connectivity index (χ2v) is 6.07. The lowest BCUT2D eigenvalue weighted by Gasteiger charge is -2.44. The Kier molecular flexibility index (Phi) is 8.37. The summed E-state index contributed by atoms with van der Waals surface area (Å²) in [6, 6.07) is 0. The van der Waals surface area contributed by atoms with Gasteiger partial charge >= 0.3 is 23.9 Å². The molecule has 1 aliphatic rings. The minimum absolute atomic E-state index is 0.184. The second-order valence-electron chi connectivity index (χ2n) is 5.63. The van der Waals surface area contributed by atoms with Gasteiger partial charge in [0.15, 0.2) is 29.7 Å². The van der Waals surface area contributed by atoms with Gasteiger partial charge in [0.05, 0.1) is 0 Å². The molecule has 0 radical (unpaired) electrons. The minimum atomic E-state index is -1.27. The number of thiocarbonyl (C=S) groups is 1. The predicted octanol–water partition coefficient (Wildman–Crippen LogP) is -1.10. The van der Waals surface area contributed by atoms with E-state index in [-0.39, 0.29) is 11.7 Å². The standard InChI is InChI=1S/C15H22N2O9S/c1-6(18)22-5-10-11(23-7(2)19)12(24-8(3)20)13(25-9(4)21)14(26-10)17-15(16)27/h10-14H,5H2,1-4H3,(H3,16,17,27)/t10-,11-,12+,13-,14?/m1/s1. The van der Waals surface area contributed by atoms with Crippen molar-refractivity contribution in [3.63, 3.8) is 0 Å². The number of rotatable bonds is 6. The van der Waals surface area contributed by atoms with Crippen LogP contribution in [-0.4, -0.2) is 66.2 Å². The lowest BCUT2D eigenvalue weighted by molar-refractivity contribution is -0.254. The van der Waals surface area contributed by atoms with E-state index in [4.69, 9.17) is 41.6 Å². The lowest BCUT2D eigenvalue weighted by Crippen LogP contribution is -2.66. The number of carbonyl (C=O) groups is 4. The average molecular weight is 406 g/mol. The molecule has 12 heteroatoms. The first-order valence-electron chi connectivity index (χ1n) is 7.87. The van der Waals surface area contributed by atoms with Gasteiger partial charge in [-0.05, 0) is 12.2 Å². The third-order valence-electron chi connectivity index (χ3n) is 3.28. The molecule has 1 aliphatic heterocycles. The topological polar surface area (TPSA) is 152 Å². The Balaban J connectivity index is 3.29. The summed E-state index contributed by atoms with van der Waals surface area (Å²) in [6.45, 7) is 4.25. The highest BCUT2D eigenvalue weighted by atomic mass is 32.1. The van der Waals surface area contributed by atoms with Gasteiger partial charge in [0.25, 0.3) is 0 Å². The van der Waals surface area contributed by atoms with Crippen molar-refractivity contribution in [3.8, 4) is 0 Å². The van der Waals surface area contributed by atoms with Gasteiger partial charge in [-0.25, -0.2) is 0 Å². The SMILES string of the molecule is CC(=O)OC[C@H]1OC(NC(N)=S)[C@H](OC(C)=O)[C@@H](OC(C)=O)[C@@H]1OC(C)=O. The number of hydrogen-bond donors (Lipinski definition) is 2. The van der Waals surface area contributed by atoms with Crippen LogP contribution in [0.15, 0.2) is 0 Å². The summed E-state index contributed by atoms with van der Waals surface area (Å²) in [6.07, 6.45) is -5.94. The van der Waals surface area contributed by atoms with Crippen molar-refractivity contribution in [2.45, 2.75) is 58.3 Å². The number of ether oxygens (including phenoxy) is 5. The zero-order valence-corrected chi connectivity index (χ0v) is 16.1. The van der Waals surface area contributed by atoms with E-state index in [1.54, 1.807) is 0 Å². The third kappa shape index (κ3) is 7.35. The number of nitrogens with two attached hydrogens (primary N) is 1. The van der Waals surface area contributed by atoms with Gasteiger partial charge in [-0.3, -0.25) is 19.2 Å². The summed E-state index contributed by atoms with van der Waals surface area (Å²) < 4.78 is 26.2. The number of hydrogen-bond acceptors (Lipinski definition) is 10. The number of carbonyl (C=O) groups excluding carboxylic acids is 4. The summed E-state index contributed by atoms with van der Waals surface area (Å²) in [5, 5.41) is 2.39. The van der Waals surface area contributed by atoms with Gasteiger partial charge in [-0.1, -0.05) is 0 Å². The number of esters is 4. The Bertz CT molecular complexity index is 612. The molecule has 1 saturated heterocycles. The Morgan fingerprint density at radius 1 is 0.889 bits per heavy atom. The molecule has 0 aliphatic carbocycles. The molecule has 0 amide bonds. The summed E-state index contributed by atoms with van der Waals surface area (Å²) in [4.78, 5) is 45.8. The van der Waals surface area contributed by atoms with Crippen LogP contribution < -0.4 is 11.1 Å². The monoisotopic (exact) mass is 406 g/mol. The van der Waals surface area contributed by atoms with Crippen LogP contribution in [0.25, 0.3) is 0 Å². The van der Waals surface area contributed by atoms with Crippen LogP contribution in [0.4, 0.5) is 0 Å². The molecule has 0 aromatic heterocycles. The fourth-order valence-electron chi connectivity index (χ4n) is 2.48. The van der Waals surface area contributed by atoms with Crippen molar-refractivity contribution in [2.75, 3.05) is 6.61 Å². The summed E-state index contributed by atoms with van der Waals surface area (Å²) >= 11 is 4.78. The molecule has 0 bridgehead atoms. The molecule has 27 heavy (non-hydrogen) atoms. The van der Waals surface area contributed by atoms with Crippen LogP contribution in [0.1, 0.15) is 27.7 Å². The fourth-order valence-corrected chi connectivity index (χ4v) is 2.60. The van der Waals surface area contributed by atoms with Crippen LogP contribution >= 0.6 is 12.2 Å². The Morgan fingerprint density at radius 3 is 1.81 bits per heavy atom. The lowest BCUT2D eigenvalue weighted by atomic mass is 9.97. The fraction of sp³-hybridized carbons (Fsp3) is 0.667. The van der Waals surface area contributed by atoms with Gasteiger partial charge in [0, 0.05) is 27.7 Å². The molecule has 3 N–H and O–H groups in total. The summed E-state index contributed by atoms with van der Waals surface area (Å²) in [5.41, 5.74) is 5.47. The zero-order valence-electron chi connectivity index (χ0n) is 15.3. The van der Waals surface area contributed by atoms with Crippen LogP contribution in [0, 0.1) is 0 Å². The smallest absolute Gasteiger partial charge is 0.303 e. The molecular weight excluding hydrogens is 384 g/mol. The first kappa shape index (κ1) is 22.6. The molecule has 1 fully saturated rings. The van der Waals surface area contributed by atoms with E-state index in [1.807, 2.05) is 0 Å². The quantitative estimate of drug-likeness (QED) is 0.313. The van der Waals surface area contributed by atoms with Gasteiger partial charge in [0.2, 0.25) is 0 Å². The predicted molar refractivity (Wildman–Crippen MR) is 91.9 cm³/mol. The molecule has 0 saturated carbocycles. The molecule has 11 nitrogen and oxygen atoms in total. The van der Waals surface area contributed by atoms with Crippen LogP contribution in [-0.2, 0) is 42.9 Å². The van der Waals surface area contributed by atoms with Crippen molar-refractivity contribution < 1.29 is 42.9 Å². The molecule has 0 spiro atoms. The maximum atomic E-state index is 11.6. The molecular formula is C15H22N2O9S. The van der Waals surface area contributed by atoms with E-state index in [0.717, 1.165) is 20.8 Å². The van der Waals surface area contributed by atoms with E-state index in [9.17, 15) is 19.2 Å². The number of nitrogens with one attached hydrogen (secondary N) is 1. The average Bonchev–Trinajstić information content (AvgIpc) is 2.49. The van der Waals surface area contributed by atoms with Crippen molar-refractivity contribution in [1.29, 1.82) is 0 Å². The highest BCUT2D eigenvalue weighted by Crippen LogP contribution is 2.28. The van der Waals surface area contributed by atoms with Crippen molar-refractivity contribution in [2.24, 2.45) is 5.73 Å². The van der Waals surface area contributed by atoms with E-state index >= 15 is 0 Å². The van der Waals surface area contributed by atoms with E-state index in [0.29, 0.717) is 0 Å². The zero-order chi connectivity index (χ0) is 20.7. The molecule has 5 atom stereocenters.